The van der Waals surface area contributed by atoms with E-state index in [0.29, 0.717) is 16.4 Å². The second-order valence-corrected chi connectivity index (χ2v) is 5.21. The Morgan fingerprint density at radius 1 is 1.14 bits per heavy atom. The zero-order chi connectivity index (χ0) is 16.3. The SMILES string of the molecule is Cc1ccc(NC(=O)C(=O)N(C)c2ccc(O)cc2)cc1Cl. The molecule has 2 N–H and O–H groups in total. The fourth-order valence-corrected chi connectivity index (χ4v) is 1.98. The van der Waals surface area contributed by atoms with E-state index in [1.54, 1.807) is 30.3 Å². The summed E-state index contributed by atoms with van der Waals surface area (Å²) in [5, 5.41) is 12.3. The lowest BCUT2D eigenvalue weighted by Gasteiger charge is -2.17. The molecule has 6 heteroatoms. The van der Waals surface area contributed by atoms with Crippen LogP contribution in [0.4, 0.5) is 11.4 Å². The van der Waals surface area contributed by atoms with E-state index in [0.717, 1.165) is 5.56 Å². The smallest absolute Gasteiger partial charge is 0.316 e. The highest BCUT2D eigenvalue weighted by atomic mass is 35.5. The van der Waals surface area contributed by atoms with Gasteiger partial charge >= 0.3 is 11.8 Å². The van der Waals surface area contributed by atoms with Gasteiger partial charge in [0.15, 0.2) is 0 Å². The van der Waals surface area contributed by atoms with E-state index in [4.69, 9.17) is 11.6 Å². The van der Waals surface area contributed by atoms with Gasteiger partial charge in [0.05, 0.1) is 0 Å². The number of carbonyl (C=O) groups excluding carboxylic acids is 2. The van der Waals surface area contributed by atoms with E-state index >= 15 is 0 Å². The number of aromatic hydroxyl groups is 1. The van der Waals surface area contributed by atoms with Crippen molar-refractivity contribution in [3.8, 4) is 5.75 Å². The van der Waals surface area contributed by atoms with E-state index in [1.165, 1.54) is 24.1 Å². The molecule has 2 rings (SSSR count). The van der Waals surface area contributed by atoms with Gasteiger partial charge in [0.1, 0.15) is 5.75 Å². The van der Waals surface area contributed by atoms with Gasteiger partial charge in [-0.25, -0.2) is 0 Å². The predicted molar refractivity (Wildman–Crippen MR) is 86.3 cm³/mol. The molecule has 0 atom stereocenters. The monoisotopic (exact) mass is 318 g/mol. The Morgan fingerprint density at radius 3 is 2.36 bits per heavy atom. The highest BCUT2D eigenvalue weighted by molar-refractivity contribution is 6.44. The number of phenolic OH excluding ortho intramolecular Hbond substituents is 1. The molecule has 0 aliphatic rings. The van der Waals surface area contributed by atoms with Crippen LogP contribution in [0.1, 0.15) is 5.56 Å². The first-order chi connectivity index (χ1) is 10.4. The molecule has 0 aliphatic carbocycles. The van der Waals surface area contributed by atoms with Crippen LogP contribution in [0.5, 0.6) is 5.75 Å². The summed E-state index contributed by atoms with van der Waals surface area (Å²) in [7, 11) is 1.48. The summed E-state index contributed by atoms with van der Waals surface area (Å²) in [6.45, 7) is 1.84. The lowest BCUT2D eigenvalue weighted by Crippen LogP contribution is -2.37. The molecule has 114 valence electrons. The van der Waals surface area contributed by atoms with Crippen LogP contribution < -0.4 is 10.2 Å². The molecule has 2 aromatic carbocycles. The van der Waals surface area contributed by atoms with Gasteiger partial charge in [0, 0.05) is 23.4 Å². The highest BCUT2D eigenvalue weighted by Crippen LogP contribution is 2.21. The van der Waals surface area contributed by atoms with Crippen LogP contribution in [-0.4, -0.2) is 24.0 Å². The second kappa shape index (κ2) is 6.49. The number of anilines is 2. The number of hydrogen-bond donors (Lipinski definition) is 2. The molecule has 0 unspecified atom stereocenters. The summed E-state index contributed by atoms with van der Waals surface area (Å²) < 4.78 is 0. The maximum Gasteiger partial charge on any atom is 0.316 e. The first-order valence-corrected chi connectivity index (χ1v) is 6.90. The summed E-state index contributed by atoms with van der Waals surface area (Å²) in [5.41, 5.74) is 1.83. The van der Waals surface area contributed by atoms with E-state index in [-0.39, 0.29) is 5.75 Å². The third kappa shape index (κ3) is 3.56. The molecular weight excluding hydrogens is 304 g/mol. The number of phenols is 1. The number of hydrogen-bond acceptors (Lipinski definition) is 3. The zero-order valence-electron chi connectivity index (χ0n) is 12.1. The van der Waals surface area contributed by atoms with Gasteiger partial charge in [-0.1, -0.05) is 17.7 Å². The van der Waals surface area contributed by atoms with E-state index in [2.05, 4.69) is 5.32 Å². The van der Waals surface area contributed by atoms with Crippen molar-refractivity contribution in [1.29, 1.82) is 0 Å². The van der Waals surface area contributed by atoms with Gasteiger partial charge in [0.25, 0.3) is 0 Å². The number of halogens is 1. The van der Waals surface area contributed by atoms with Crippen molar-refractivity contribution in [2.45, 2.75) is 6.92 Å². The summed E-state index contributed by atoms with van der Waals surface area (Å²) in [6, 6.07) is 11.0. The first-order valence-electron chi connectivity index (χ1n) is 6.52. The lowest BCUT2D eigenvalue weighted by molar-refractivity contribution is -0.134. The minimum Gasteiger partial charge on any atom is -0.508 e. The van der Waals surface area contributed by atoms with Crippen molar-refractivity contribution in [3.05, 3.63) is 53.1 Å². The van der Waals surface area contributed by atoms with Crippen LogP contribution in [0.25, 0.3) is 0 Å². The molecule has 0 fully saturated rings. The number of amides is 2. The van der Waals surface area contributed by atoms with Crippen molar-refractivity contribution in [1.82, 2.24) is 0 Å². The number of benzene rings is 2. The van der Waals surface area contributed by atoms with Crippen LogP contribution in [0.15, 0.2) is 42.5 Å². The quantitative estimate of drug-likeness (QED) is 0.836. The van der Waals surface area contributed by atoms with Crippen LogP contribution in [0, 0.1) is 6.92 Å². The molecule has 2 aromatic rings. The Balaban J connectivity index is 2.09. The molecule has 0 spiro atoms. The number of carbonyl (C=O) groups is 2. The van der Waals surface area contributed by atoms with Gasteiger partial charge in [-0.2, -0.15) is 0 Å². The number of nitrogens with zero attached hydrogens (tertiary/aromatic N) is 1. The van der Waals surface area contributed by atoms with E-state index in [9.17, 15) is 14.7 Å². The fourth-order valence-electron chi connectivity index (χ4n) is 1.80. The van der Waals surface area contributed by atoms with Gasteiger partial charge in [-0.3, -0.25) is 9.59 Å². The maximum atomic E-state index is 12.1. The third-order valence-electron chi connectivity index (χ3n) is 3.17. The number of rotatable bonds is 2. The number of aryl methyl sites for hydroxylation is 1. The standard InChI is InChI=1S/C16H15ClN2O3/c1-10-3-4-11(9-14(10)17)18-15(21)16(22)19(2)12-5-7-13(20)8-6-12/h3-9,20H,1-2H3,(H,18,21). The molecule has 0 bridgehead atoms. The van der Waals surface area contributed by atoms with Crippen LogP contribution in [0.3, 0.4) is 0 Å². The predicted octanol–water partition coefficient (Wildman–Crippen LogP) is 2.96. The minimum absolute atomic E-state index is 0.0864. The van der Waals surface area contributed by atoms with E-state index in [1.807, 2.05) is 6.92 Å². The Hall–Kier alpha value is -2.53. The second-order valence-electron chi connectivity index (χ2n) is 4.80. The Morgan fingerprint density at radius 2 is 1.77 bits per heavy atom. The summed E-state index contributed by atoms with van der Waals surface area (Å²) >= 11 is 5.98. The molecule has 22 heavy (non-hydrogen) atoms. The van der Waals surface area contributed by atoms with Crippen molar-refractivity contribution < 1.29 is 14.7 Å². The zero-order valence-corrected chi connectivity index (χ0v) is 12.9. The minimum atomic E-state index is -0.768. The van der Waals surface area contributed by atoms with Crippen LogP contribution in [-0.2, 0) is 9.59 Å². The molecule has 0 aromatic heterocycles. The molecule has 0 saturated carbocycles. The van der Waals surface area contributed by atoms with Crippen LogP contribution >= 0.6 is 11.6 Å². The average Bonchev–Trinajstić information content (AvgIpc) is 2.50. The lowest BCUT2D eigenvalue weighted by atomic mass is 10.2. The topological polar surface area (TPSA) is 69.6 Å². The fraction of sp³-hybridized carbons (Fsp3) is 0.125. The Bertz CT molecular complexity index is 714. The maximum absolute atomic E-state index is 12.1. The first kappa shape index (κ1) is 15.9. The van der Waals surface area contributed by atoms with Crippen molar-refractivity contribution in [2.24, 2.45) is 0 Å². The summed E-state index contributed by atoms with van der Waals surface area (Å²) in [5.74, 6) is -1.40. The van der Waals surface area contributed by atoms with Crippen LogP contribution in [0.2, 0.25) is 5.02 Å². The molecule has 0 aliphatic heterocycles. The molecule has 0 radical (unpaired) electrons. The normalized spacial score (nSPS) is 10.1. The summed E-state index contributed by atoms with van der Waals surface area (Å²) in [6.07, 6.45) is 0. The van der Waals surface area contributed by atoms with Gasteiger partial charge < -0.3 is 15.3 Å². The average molecular weight is 319 g/mol. The molecule has 2 amide bonds. The highest BCUT2D eigenvalue weighted by Gasteiger charge is 2.20. The third-order valence-corrected chi connectivity index (χ3v) is 3.57. The van der Waals surface area contributed by atoms with Crippen molar-refractivity contribution in [3.63, 3.8) is 0 Å². The Kier molecular flexibility index (Phi) is 4.68. The number of likely N-dealkylation sites (N-methyl/N-ethyl adjacent to an activating group) is 1. The van der Waals surface area contributed by atoms with Gasteiger partial charge in [0.2, 0.25) is 0 Å². The van der Waals surface area contributed by atoms with E-state index < -0.39 is 11.8 Å². The van der Waals surface area contributed by atoms with Crippen molar-refractivity contribution >= 4 is 34.8 Å². The molecular formula is C16H15ClN2O3. The molecule has 0 saturated heterocycles. The van der Waals surface area contributed by atoms with Gasteiger partial charge in [-0.05, 0) is 48.9 Å². The Labute approximate surface area is 133 Å². The van der Waals surface area contributed by atoms with Crippen molar-refractivity contribution in [2.75, 3.05) is 17.3 Å². The molecule has 0 heterocycles. The molecule has 5 nitrogen and oxygen atoms in total. The summed E-state index contributed by atoms with van der Waals surface area (Å²) in [4.78, 5) is 25.3. The van der Waals surface area contributed by atoms with Gasteiger partial charge in [-0.15, -0.1) is 0 Å². The largest absolute Gasteiger partial charge is 0.508 e. The number of nitrogens with one attached hydrogen (secondary N) is 1.